The van der Waals surface area contributed by atoms with Crippen LogP contribution in [0.25, 0.3) is 0 Å². The molecule has 0 spiro atoms. The molecule has 2 rings (SSSR count). The Bertz CT molecular complexity index is 467. The van der Waals surface area contributed by atoms with Gasteiger partial charge in [-0.05, 0) is 29.8 Å². The number of nitrogens with two attached hydrogens (primary N) is 1. The van der Waals surface area contributed by atoms with Gasteiger partial charge in [-0.1, -0.05) is 41.1 Å². The van der Waals surface area contributed by atoms with Crippen LogP contribution in [-0.2, 0) is 0 Å². The molecule has 2 nitrogen and oxygen atoms in total. The van der Waals surface area contributed by atoms with Crippen molar-refractivity contribution < 1.29 is 0 Å². The Morgan fingerprint density at radius 3 is 2.41 bits per heavy atom. The first kappa shape index (κ1) is 12.3. The van der Waals surface area contributed by atoms with Gasteiger partial charge in [0.25, 0.3) is 0 Å². The summed E-state index contributed by atoms with van der Waals surface area (Å²) in [6, 6.07) is 14.0. The van der Waals surface area contributed by atoms with E-state index in [0.717, 1.165) is 15.7 Å². The SMILES string of the molecule is CC(c1ccccn1)C(N)c1ccc(Br)cc1. The molecular formula is C14H15BrN2. The van der Waals surface area contributed by atoms with Crippen LogP contribution in [0.5, 0.6) is 0 Å². The molecule has 0 bridgehead atoms. The van der Waals surface area contributed by atoms with Crippen molar-refractivity contribution in [2.45, 2.75) is 18.9 Å². The minimum absolute atomic E-state index is 0.0296. The third kappa shape index (κ3) is 2.93. The highest BCUT2D eigenvalue weighted by Crippen LogP contribution is 2.27. The van der Waals surface area contributed by atoms with Crippen LogP contribution >= 0.6 is 15.9 Å². The molecule has 17 heavy (non-hydrogen) atoms. The number of benzene rings is 1. The van der Waals surface area contributed by atoms with Crippen LogP contribution in [-0.4, -0.2) is 4.98 Å². The third-order valence-corrected chi connectivity index (χ3v) is 3.48. The normalized spacial score (nSPS) is 14.3. The fourth-order valence-corrected chi connectivity index (χ4v) is 2.07. The topological polar surface area (TPSA) is 38.9 Å². The lowest BCUT2D eigenvalue weighted by Gasteiger charge is -2.19. The number of halogens is 1. The first-order valence-corrected chi connectivity index (χ1v) is 6.40. The molecule has 0 aliphatic heterocycles. The van der Waals surface area contributed by atoms with Gasteiger partial charge in [0.15, 0.2) is 0 Å². The third-order valence-electron chi connectivity index (χ3n) is 2.95. The Kier molecular flexibility index (Phi) is 3.92. The van der Waals surface area contributed by atoms with E-state index in [9.17, 15) is 0 Å². The minimum Gasteiger partial charge on any atom is -0.323 e. The van der Waals surface area contributed by atoms with Gasteiger partial charge in [-0.25, -0.2) is 0 Å². The molecule has 0 saturated carbocycles. The molecule has 0 amide bonds. The van der Waals surface area contributed by atoms with Gasteiger partial charge in [0, 0.05) is 28.3 Å². The van der Waals surface area contributed by atoms with Gasteiger partial charge < -0.3 is 5.73 Å². The van der Waals surface area contributed by atoms with Gasteiger partial charge >= 0.3 is 0 Å². The van der Waals surface area contributed by atoms with E-state index < -0.39 is 0 Å². The second kappa shape index (κ2) is 5.43. The van der Waals surface area contributed by atoms with Gasteiger partial charge in [-0.15, -0.1) is 0 Å². The monoisotopic (exact) mass is 290 g/mol. The zero-order chi connectivity index (χ0) is 12.3. The van der Waals surface area contributed by atoms with Gasteiger partial charge in [-0.3, -0.25) is 4.98 Å². The molecule has 0 radical (unpaired) electrons. The van der Waals surface area contributed by atoms with Crippen molar-refractivity contribution >= 4 is 15.9 Å². The van der Waals surface area contributed by atoms with Crippen molar-refractivity contribution in [1.29, 1.82) is 0 Å². The van der Waals surface area contributed by atoms with Crippen LogP contribution in [0, 0.1) is 0 Å². The maximum absolute atomic E-state index is 6.27. The van der Waals surface area contributed by atoms with E-state index >= 15 is 0 Å². The minimum atomic E-state index is -0.0296. The molecule has 0 fully saturated rings. The Labute approximate surface area is 110 Å². The lowest BCUT2D eigenvalue weighted by molar-refractivity contribution is 0.584. The average Bonchev–Trinajstić information content (AvgIpc) is 2.39. The maximum atomic E-state index is 6.27. The predicted octanol–water partition coefficient (Wildman–Crippen LogP) is 3.65. The van der Waals surface area contributed by atoms with Crippen molar-refractivity contribution in [2.24, 2.45) is 5.73 Å². The summed E-state index contributed by atoms with van der Waals surface area (Å²) in [6.07, 6.45) is 1.81. The van der Waals surface area contributed by atoms with Gasteiger partial charge in [0.2, 0.25) is 0 Å². The number of hydrogen-bond donors (Lipinski definition) is 1. The first-order chi connectivity index (χ1) is 8.18. The van der Waals surface area contributed by atoms with E-state index in [1.807, 2.05) is 42.5 Å². The molecule has 1 aromatic carbocycles. The molecule has 2 aromatic rings. The summed E-state index contributed by atoms with van der Waals surface area (Å²) >= 11 is 3.42. The van der Waals surface area contributed by atoms with Crippen molar-refractivity contribution in [2.75, 3.05) is 0 Å². The summed E-state index contributed by atoms with van der Waals surface area (Å²) in [6.45, 7) is 2.11. The van der Waals surface area contributed by atoms with Crippen LogP contribution in [0.4, 0.5) is 0 Å². The summed E-state index contributed by atoms with van der Waals surface area (Å²) in [5.74, 6) is 0.206. The molecule has 2 unspecified atom stereocenters. The second-order valence-corrected chi connectivity index (χ2v) is 5.04. The van der Waals surface area contributed by atoms with Crippen LogP contribution < -0.4 is 5.73 Å². The highest BCUT2D eigenvalue weighted by molar-refractivity contribution is 9.10. The molecule has 2 N–H and O–H groups in total. The number of aromatic nitrogens is 1. The van der Waals surface area contributed by atoms with E-state index in [4.69, 9.17) is 5.73 Å². The van der Waals surface area contributed by atoms with Gasteiger partial charge in [0.05, 0.1) is 0 Å². The van der Waals surface area contributed by atoms with E-state index in [0.29, 0.717) is 0 Å². The van der Waals surface area contributed by atoms with Crippen molar-refractivity contribution in [1.82, 2.24) is 4.98 Å². The van der Waals surface area contributed by atoms with Crippen molar-refractivity contribution in [3.63, 3.8) is 0 Å². The Balaban J connectivity index is 2.20. The lowest BCUT2D eigenvalue weighted by Crippen LogP contribution is -2.18. The maximum Gasteiger partial charge on any atom is 0.0450 e. The molecule has 0 aliphatic carbocycles. The fourth-order valence-electron chi connectivity index (χ4n) is 1.80. The molecule has 1 aromatic heterocycles. The van der Waals surface area contributed by atoms with Crippen molar-refractivity contribution in [3.05, 3.63) is 64.4 Å². The van der Waals surface area contributed by atoms with Gasteiger partial charge in [0.1, 0.15) is 0 Å². The fraction of sp³-hybridized carbons (Fsp3) is 0.214. The number of rotatable bonds is 3. The van der Waals surface area contributed by atoms with Gasteiger partial charge in [-0.2, -0.15) is 0 Å². The Morgan fingerprint density at radius 2 is 1.82 bits per heavy atom. The van der Waals surface area contributed by atoms with E-state index in [1.165, 1.54) is 0 Å². The van der Waals surface area contributed by atoms with Crippen LogP contribution in [0.3, 0.4) is 0 Å². The molecular weight excluding hydrogens is 276 g/mol. The molecule has 1 heterocycles. The molecule has 3 heteroatoms. The van der Waals surface area contributed by atoms with E-state index in [-0.39, 0.29) is 12.0 Å². The van der Waals surface area contributed by atoms with E-state index in [2.05, 4.69) is 27.8 Å². The molecule has 0 aliphatic rings. The van der Waals surface area contributed by atoms with Crippen LogP contribution in [0.2, 0.25) is 0 Å². The lowest BCUT2D eigenvalue weighted by atomic mass is 9.92. The standard InChI is InChI=1S/C14H15BrN2/c1-10(13-4-2-3-9-17-13)14(16)11-5-7-12(15)8-6-11/h2-10,14H,16H2,1H3. The highest BCUT2D eigenvalue weighted by atomic mass is 79.9. The summed E-state index contributed by atoms with van der Waals surface area (Å²) in [4.78, 5) is 4.35. The molecule has 2 atom stereocenters. The first-order valence-electron chi connectivity index (χ1n) is 5.60. The largest absolute Gasteiger partial charge is 0.323 e. The Morgan fingerprint density at radius 1 is 1.12 bits per heavy atom. The smallest absolute Gasteiger partial charge is 0.0450 e. The van der Waals surface area contributed by atoms with Crippen LogP contribution in [0.15, 0.2) is 53.1 Å². The predicted molar refractivity (Wildman–Crippen MR) is 73.7 cm³/mol. The zero-order valence-electron chi connectivity index (χ0n) is 9.68. The summed E-state index contributed by atoms with van der Waals surface area (Å²) in [5.41, 5.74) is 8.43. The average molecular weight is 291 g/mol. The van der Waals surface area contributed by atoms with E-state index in [1.54, 1.807) is 6.20 Å². The summed E-state index contributed by atoms with van der Waals surface area (Å²) in [5, 5.41) is 0. The quantitative estimate of drug-likeness (QED) is 0.937. The number of nitrogens with zero attached hydrogens (tertiary/aromatic N) is 1. The molecule has 0 saturated heterocycles. The van der Waals surface area contributed by atoms with Crippen LogP contribution in [0.1, 0.15) is 30.1 Å². The second-order valence-electron chi connectivity index (χ2n) is 4.12. The highest BCUT2D eigenvalue weighted by Gasteiger charge is 2.17. The Hall–Kier alpha value is -1.19. The summed E-state index contributed by atoms with van der Waals surface area (Å²) in [7, 11) is 0. The zero-order valence-corrected chi connectivity index (χ0v) is 11.3. The number of hydrogen-bond acceptors (Lipinski definition) is 2. The molecule has 88 valence electrons. The van der Waals surface area contributed by atoms with Crippen molar-refractivity contribution in [3.8, 4) is 0 Å². The number of pyridine rings is 1. The summed E-state index contributed by atoms with van der Waals surface area (Å²) < 4.78 is 1.07.